The van der Waals surface area contributed by atoms with E-state index in [9.17, 15) is 26.4 Å². The maximum atomic E-state index is 11.7. The smallest absolute Gasteiger partial charge is 0.237 e. The first-order valence-electron chi connectivity index (χ1n) is 5.77. The van der Waals surface area contributed by atoms with Gasteiger partial charge >= 0.3 is 0 Å². The van der Waals surface area contributed by atoms with Crippen molar-refractivity contribution in [3.05, 3.63) is 0 Å². The standard InChI is InChI=1S/C10H17NO6S2/c1-18(14,15)6-7-19(16,17)8-10(13)11-4-2-9(12)3-5-11/h2-8H2,1H3. The number of piperidine rings is 1. The van der Waals surface area contributed by atoms with Gasteiger partial charge in [0.1, 0.15) is 21.4 Å². The third-order valence-corrected chi connectivity index (χ3v) is 5.50. The number of amides is 1. The van der Waals surface area contributed by atoms with Crippen LogP contribution in [-0.4, -0.2) is 70.0 Å². The molecular weight excluding hydrogens is 294 g/mol. The Morgan fingerprint density at radius 3 is 2.11 bits per heavy atom. The highest BCUT2D eigenvalue weighted by molar-refractivity contribution is 7.95. The van der Waals surface area contributed by atoms with E-state index in [2.05, 4.69) is 0 Å². The molecule has 0 radical (unpaired) electrons. The summed E-state index contributed by atoms with van der Waals surface area (Å²) in [4.78, 5) is 24.1. The van der Waals surface area contributed by atoms with Gasteiger partial charge in [0, 0.05) is 32.2 Å². The van der Waals surface area contributed by atoms with Crippen LogP contribution in [0.3, 0.4) is 0 Å². The molecule has 0 atom stereocenters. The minimum absolute atomic E-state index is 0.0592. The number of hydrogen-bond donors (Lipinski definition) is 0. The van der Waals surface area contributed by atoms with Gasteiger partial charge < -0.3 is 4.90 Å². The fourth-order valence-corrected chi connectivity index (χ4v) is 4.57. The Morgan fingerprint density at radius 2 is 1.63 bits per heavy atom. The van der Waals surface area contributed by atoms with E-state index < -0.39 is 42.8 Å². The lowest BCUT2D eigenvalue weighted by molar-refractivity contribution is -0.132. The fourth-order valence-electron chi connectivity index (χ4n) is 1.64. The number of sulfone groups is 2. The summed E-state index contributed by atoms with van der Waals surface area (Å²) in [7, 11) is -7.11. The van der Waals surface area contributed by atoms with Gasteiger partial charge in [-0.25, -0.2) is 16.8 Å². The van der Waals surface area contributed by atoms with Crippen molar-refractivity contribution in [2.75, 3.05) is 36.6 Å². The molecule has 1 aliphatic rings. The monoisotopic (exact) mass is 311 g/mol. The molecule has 0 spiro atoms. The van der Waals surface area contributed by atoms with Gasteiger partial charge in [-0.05, 0) is 0 Å². The van der Waals surface area contributed by atoms with Crippen molar-refractivity contribution in [1.82, 2.24) is 4.90 Å². The Labute approximate surface area is 112 Å². The molecule has 0 aromatic heterocycles. The highest BCUT2D eigenvalue weighted by atomic mass is 32.2. The molecule has 1 rings (SSSR count). The fraction of sp³-hybridized carbons (Fsp3) is 0.800. The van der Waals surface area contributed by atoms with E-state index in [1.807, 2.05) is 0 Å². The minimum atomic E-state index is -3.73. The normalized spacial score (nSPS) is 17.5. The van der Waals surface area contributed by atoms with E-state index >= 15 is 0 Å². The van der Waals surface area contributed by atoms with Crippen LogP contribution in [0.4, 0.5) is 0 Å². The molecule has 0 unspecified atom stereocenters. The zero-order valence-corrected chi connectivity index (χ0v) is 12.3. The summed E-state index contributed by atoms with van der Waals surface area (Å²) in [5.41, 5.74) is 0. The van der Waals surface area contributed by atoms with Gasteiger partial charge in [-0.15, -0.1) is 0 Å². The minimum Gasteiger partial charge on any atom is -0.341 e. The molecule has 0 bridgehead atoms. The summed E-state index contributed by atoms with van der Waals surface area (Å²) in [5.74, 6) is -2.24. The highest BCUT2D eigenvalue weighted by Gasteiger charge is 2.25. The molecule has 1 fully saturated rings. The van der Waals surface area contributed by atoms with Crippen molar-refractivity contribution < 1.29 is 26.4 Å². The number of carbonyl (C=O) groups excluding carboxylic acids is 2. The summed E-state index contributed by atoms with van der Waals surface area (Å²) < 4.78 is 45.0. The lowest BCUT2D eigenvalue weighted by Crippen LogP contribution is -2.42. The molecular formula is C10H17NO6S2. The molecule has 1 saturated heterocycles. The van der Waals surface area contributed by atoms with Crippen molar-refractivity contribution in [1.29, 1.82) is 0 Å². The zero-order chi connectivity index (χ0) is 14.7. The van der Waals surface area contributed by atoms with Crippen LogP contribution >= 0.6 is 0 Å². The molecule has 0 saturated carbocycles. The van der Waals surface area contributed by atoms with Crippen LogP contribution in [0.1, 0.15) is 12.8 Å². The molecule has 1 aliphatic heterocycles. The third kappa shape index (κ3) is 6.15. The first-order valence-corrected chi connectivity index (χ1v) is 9.65. The molecule has 7 nitrogen and oxygen atoms in total. The van der Waals surface area contributed by atoms with Crippen LogP contribution in [0.5, 0.6) is 0 Å². The molecule has 0 N–H and O–H groups in total. The van der Waals surface area contributed by atoms with Crippen LogP contribution < -0.4 is 0 Å². The Bertz CT molecular complexity index is 553. The molecule has 1 heterocycles. The molecule has 0 aromatic carbocycles. The maximum Gasteiger partial charge on any atom is 0.237 e. The lowest BCUT2D eigenvalue weighted by atomic mass is 10.1. The van der Waals surface area contributed by atoms with Gasteiger partial charge in [0.25, 0.3) is 0 Å². The largest absolute Gasteiger partial charge is 0.341 e. The van der Waals surface area contributed by atoms with Crippen LogP contribution in [0, 0.1) is 0 Å². The maximum absolute atomic E-state index is 11.7. The SMILES string of the molecule is CS(=O)(=O)CCS(=O)(=O)CC(=O)N1CCC(=O)CC1. The lowest BCUT2D eigenvalue weighted by Gasteiger charge is -2.25. The van der Waals surface area contributed by atoms with E-state index in [0.717, 1.165) is 6.26 Å². The van der Waals surface area contributed by atoms with Crippen molar-refractivity contribution >= 4 is 31.4 Å². The number of hydrogen-bond acceptors (Lipinski definition) is 6. The van der Waals surface area contributed by atoms with Crippen LogP contribution in [0.25, 0.3) is 0 Å². The number of nitrogens with zero attached hydrogens (tertiary/aromatic N) is 1. The topological polar surface area (TPSA) is 106 Å². The van der Waals surface area contributed by atoms with Gasteiger partial charge in [-0.1, -0.05) is 0 Å². The number of ketones is 1. The number of rotatable bonds is 5. The first kappa shape index (κ1) is 16.1. The van der Waals surface area contributed by atoms with Crippen LogP contribution in [0.15, 0.2) is 0 Å². The van der Waals surface area contributed by atoms with Gasteiger partial charge in [-0.2, -0.15) is 0 Å². The summed E-state index contributed by atoms with van der Waals surface area (Å²) in [6, 6.07) is 0. The molecule has 1 amide bonds. The van der Waals surface area contributed by atoms with E-state index in [1.54, 1.807) is 0 Å². The van der Waals surface area contributed by atoms with E-state index in [0.29, 0.717) is 0 Å². The quantitative estimate of drug-likeness (QED) is 0.621. The van der Waals surface area contributed by atoms with E-state index in [4.69, 9.17) is 0 Å². The van der Waals surface area contributed by atoms with Crippen LogP contribution in [-0.2, 0) is 29.3 Å². The predicted molar refractivity (Wildman–Crippen MR) is 69.2 cm³/mol. The van der Waals surface area contributed by atoms with Crippen molar-refractivity contribution in [3.8, 4) is 0 Å². The van der Waals surface area contributed by atoms with Crippen molar-refractivity contribution in [3.63, 3.8) is 0 Å². The van der Waals surface area contributed by atoms with Crippen LogP contribution in [0.2, 0.25) is 0 Å². The van der Waals surface area contributed by atoms with Gasteiger partial charge in [0.2, 0.25) is 5.91 Å². The van der Waals surface area contributed by atoms with Crippen molar-refractivity contribution in [2.24, 2.45) is 0 Å². The Balaban J connectivity index is 2.53. The molecule has 9 heteroatoms. The average molecular weight is 311 g/mol. The van der Waals surface area contributed by atoms with E-state index in [1.165, 1.54) is 4.90 Å². The van der Waals surface area contributed by atoms with Gasteiger partial charge in [0.05, 0.1) is 11.5 Å². The number of likely N-dealkylation sites (tertiary alicyclic amines) is 1. The Kier molecular flexibility index (Phi) is 5.08. The summed E-state index contributed by atoms with van der Waals surface area (Å²) >= 11 is 0. The summed E-state index contributed by atoms with van der Waals surface area (Å²) in [5, 5.41) is 0. The molecule has 0 aliphatic carbocycles. The second-order valence-electron chi connectivity index (χ2n) is 4.64. The second kappa shape index (κ2) is 6.00. The zero-order valence-electron chi connectivity index (χ0n) is 10.7. The summed E-state index contributed by atoms with van der Waals surface area (Å²) in [6.07, 6.45) is 1.44. The first-order chi connectivity index (χ1) is 8.59. The molecule has 19 heavy (non-hydrogen) atoms. The van der Waals surface area contributed by atoms with E-state index in [-0.39, 0.29) is 31.7 Å². The summed E-state index contributed by atoms with van der Waals surface area (Å²) in [6.45, 7) is 0.471. The molecule has 0 aromatic rings. The van der Waals surface area contributed by atoms with Gasteiger partial charge in [0.15, 0.2) is 9.84 Å². The van der Waals surface area contributed by atoms with Gasteiger partial charge in [-0.3, -0.25) is 9.59 Å². The predicted octanol–water partition coefficient (Wildman–Crippen LogP) is -1.36. The third-order valence-electron chi connectivity index (χ3n) is 2.78. The Hall–Kier alpha value is -0.960. The average Bonchev–Trinajstić information content (AvgIpc) is 2.26. The highest BCUT2D eigenvalue weighted by Crippen LogP contribution is 2.07. The second-order valence-corrected chi connectivity index (χ2v) is 9.09. The Morgan fingerprint density at radius 1 is 1.11 bits per heavy atom. The van der Waals surface area contributed by atoms with Crippen molar-refractivity contribution in [2.45, 2.75) is 12.8 Å². The molecule has 110 valence electrons. The number of Topliss-reactive ketones (excluding diaryl/α,β-unsaturated/α-hetero) is 1. The number of carbonyl (C=O) groups is 2.